The van der Waals surface area contributed by atoms with E-state index in [1.165, 1.54) is 77.0 Å². The standard InChI is InChI=1S/C17H37N/c1-5-6-7-8-9-10-11-12-13-14-15-16-17(2,3)18-4/h18H,5-16H2,1-4H3. The molecule has 0 radical (unpaired) electrons. The Bertz CT molecular complexity index is 163. The van der Waals surface area contributed by atoms with Crippen LogP contribution in [0.25, 0.3) is 0 Å². The number of hydrogen-bond donors (Lipinski definition) is 1. The Balaban J connectivity index is 3.08. The molecule has 1 nitrogen and oxygen atoms in total. The van der Waals surface area contributed by atoms with Crippen molar-refractivity contribution in [3.63, 3.8) is 0 Å². The van der Waals surface area contributed by atoms with Gasteiger partial charge < -0.3 is 5.32 Å². The van der Waals surface area contributed by atoms with Crippen molar-refractivity contribution in [2.75, 3.05) is 7.05 Å². The summed E-state index contributed by atoms with van der Waals surface area (Å²) in [5.74, 6) is 0. The Hall–Kier alpha value is -0.0400. The zero-order valence-corrected chi connectivity index (χ0v) is 13.5. The molecule has 0 aliphatic heterocycles. The van der Waals surface area contributed by atoms with Gasteiger partial charge in [-0.3, -0.25) is 0 Å². The molecule has 0 spiro atoms. The molecule has 1 N–H and O–H groups in total. The third-order valence-corrected chi connectivity index (χ3v) is 4.08. The third-order valence-electron chi connectivity index (χ3n) is 4.08. The Morgan fingerprint density at radius 1 is 0.667 bits per heavy atom. The molecule has 0 amide bonds. The molecule has 0 heterocycles. The van der Waals surface area contributed by atoms with Gasteiger partial charge in [-0.2, -0.15) is 0 Å². The van der Waals surface area contributed by atoms with Crippen molar-refractivity contribution in [3.8, 4) is 0 Å². The van der Waals surface area contributed by atoms with Crippen LogP contribution in [0.3, 0.4) is 0 Å². The minimum Gasteiger partial charge on any atom is -0.315 e. The molecule has 0 aromatic carbocycles. The Morgan fingerprint density at radius 3 is 1.44 bits per heavy atom. The summed E-state index contributed by atoms with van der Waals surface area (Å²) in [6.07, 6.45) is 17.1. The summed E-state index contributed by atoms with van der Waals surface area (Å²) < 4.78 is 0. The normalized spacial score (nSPS) is 12.0. The van der Waals surface area contributed by atoms with Crippen LogP contribution in [0, 0.1) is 0 Å². The van der Waals surface area contributed by atoms with Crippen LogP contribution in [0.2, 0.25) is 0 Å². The first kappa shape index (κ1) is 18.0. The van der Waals surface area contributed by atoms with Crippen molar-refractivity contribution in [3.05, 3.63) is 0 Å². The van der Waals surface area contributed by atoms with Gasteiger partial charge in [0.05, 0.1) is 0 Å². The van der Waals surface area contributed by atoms with E-state index >= 15 is 0 Å². The van der Waals surface area contributed by atoms with Gasteiger partial charge in [0.15, 0.2) is 0 Å². The van der Waals surface area contributed by atoms with E-state index in [0.717, 1.165) is 0 Å². The molecule has 0 aliphatic carbocycles. The summed E-state index contributed by atoms with van der Waals surface area (Å²) >= 11 is 0. The highest BCUT2D eigenvalue weighted by atomic mass is 14.9. The van der Waals surface area contributed by atoms with Crippen LogP contribution in [-0.4, -0.2) is 12.6 Å². The number of hydrogen-bond acceptors (Lipinski definition) is 1. The van der Waals surface area contributed by atoms with Crippen LogP contribution < -0.4 is 5.32 Å². The molecule has 0 unspecified atom stereocenters. The molecule has 0 fully saturated rings. The minimum atomic E-state index is 0.333. The number of rotatable bonds is 13. The minimum absolute atomic E-state index is 0.333. The van der Waals surface area contributed by atoms with Gasteiger partial charge in [0.25, 0.3) is 0 Å². The molecular formula is C17H37N. The zero-order valence-electron chi connectivity index (χ0n) is 13.5. The first-order valence-corrected chi connectivity index (χ1v) is 8.31. The maximum absolute atomic E-state index is 3.38. The second kappa shape index (κ2) is 12.0. The van der Waals surface area contributed by atoms with Crippen LogP contribution in [0.5, 0.6) is 0 Å². The molecule has 0 saturated heterocycles. The maximum atomic E-state index is 3.38. The smallest absolute Gasteiger partial charge is 0.0122 e. The van der Waals surface area contributed by atoms with Gasteiger partial charge in [-0.05, 0) is 27.3 Å². The third kappa shape index (κ3) is 12.4. The van der Waals surface area contributed by atoms with E-state index in [4.69, 9.17) is 0 Å². The lowest BCUT2D eigenvalue weighted by molar-refractivity contribution is 0.373. The first-order chi connectivity index (χ1) is 8.62. The largest absolute Gasteiger partial charge is 0.315 e. The van der Waals surface area contributed by atoms with Crippen LogP contribution >= 0.6 is 0 Å². The molecule has 110 valence electrons. The molecule has 1 heteroatoms. The molecule has 0 bridgehead atoms. The van der Waals surface area contributed by atoms with E-state index in [1.807, 2.05) is 0 Å². The molecule has 0 aromatic heterocycles. The molecule has 0 atom stereocenters. The highest BCUT2D eigenvalue weighted by molar-refractivity contribution is 4.74. The van der Waals surface area contributed by atoms with Crippen molar-refractivity contribution in [1.29, 1.82) is 0 Å². The van der Waals surface area contributed by atoms with E-state index in [0.29, 0.717) is 5.54 Å². The lowest BCUT2D eigenvalue weighted by Gasteiger charge is -2.23. The van der Waals surface area contributed by atoms with Gasteiger partial charge in [0.1, 0.15) is 0 Å². The van der Waals surface area contributed by atoms with E-state index < -0.39 is 0 Å². The Labute approximate surface area is 116 Å². The topological polar surface area (TPSA) is 12.0 Å². The quantitative estimate of drug-likeness (QED) is 0.417. The van der Waals surface area contributed by atoms with Crippen LogP contribution in [0.4, 0.5) is 0 Å². The predicted molar refractivity (Wildman–Crippen MR) is 84.2 cm³/mol. The molecule has 18 heavy (non-hydrogen) atoms. The molecule has 0 aliphatic rings. The SMILES string of the molecule is CCCCCCCCCCCCCC(C)(C)NC. The van der Waals surface area contributed by atoms with E-state index in [2.05, 4.69) is 33.1 Å². The fraction of sp³-hybridized carbons (Fsp3) is 1.00. The summed E-state index contributed by atoms with van der Waals surface area (Å²) in [5.41, 5.74) is 0.333. The highest BCUT2D eigenvalue weighted by Crippen LogP contribution is 2.15. The second-order valence-corrected chi connectivity index (χ2v) is 6.42. The van der Waals surface area contributed by atoms with Crippen molar-refractivity contribution in [2.45, 2.75) is 103 Å². The van der Waals surface area contributed by atoms with Gasteiger partial charge in [-0.25, -0.2) is 0 Å². The molecular weight excluding hydrogens is 218 g/mol. The molecule has 0 saturated carbocycles. The van der Waals surface area contributed by atoms with E-state index in [-0.39, 0.29) is 0 Å². The fourth-order valence-electron chi connectivity index (χ4n) is 2.36. The summed E-state index contributed by atoms with van der Waals surface area (Å²) in [5, 5.41) is 3.38. The van der Waals surface area contributed by atoms with Gasteiger partial charge in [0.2, 0.25) is 0 Å². The van der Waals surface area contributed by atoms with Crippen LogP contribution in [0.1, 0.15) is 97.8 Å². The first-order valence-electron chi connectivity index (χ1n) is 8.31. The Morgan fingerprint density at radius 2 is 1.06 bits per heavy atom. The summed E-state index contributed by atoms with van der Waals surface area (Å²) in [6, 6.07) is 0. The average molecular weight is 255 g/mol. The second-order valence-electron chi connectivity index (χ2n) is 6.42. The summed E-state index contributed by atoms with van der Waals surface area (Å²) in [4.78, 5) is 0. The molecule has 0 rings (SSSR count). The Kier molecular flexibility index (Phi) is 12.0. The van der Waals surface area contributed by atoms with Gasteiger partial charge in [-0.1, -0.05) is 77.6 Å². The number of nitrogens with one attached hydrogen (secondary N) is 1. The van der Waals surface area contributed by atoms with Crippen molar-refractivity contribution in [2.24, 2.45) is 0 Å². The predicted octanol–water partition coefficient (Wildman–Crippen LogP) is 5.69. The van der Waals surface area contributed by atoms with Crippen LogP contribution in [0.15, 0.2) is 0 Å². The lowest BCUT2D eigenvalue weighted by Crippen LogP contribution is -2.35. The van der Waals surface area contributed by atoms with Gasteiger partial charge in [-0.15, -0.1) is 0 Å². The zero-order chi connectivity index (χ0) is 13.7. The van der Waals surface area contributed by atoms with Crippen molar-refractivity contribution in [1.82, 2.24) is 5.32 Å². The average Bonchev–Trinajstić information content (AvgIpc) is 2.36. The van der Waals surface area contributed by atoms with Gasteiger partial charge in [0, 0.05) is 5.54 Å². The van der Waals surface area contributed by atoms with E-state index in [1.54, 1.807) is 0 Å². The lowest BCUT2D eigenvalue weighted by atomic mass is 9.96. The fourth-order valence-corrected chi connectivity index (χ4v) is 2.36. The monoisotopic (exact) mass is 255 g/mol. The maximum Gasteiger partial charge on any atom is 0.0122 e. The van der Waals surface area contributed by atoms with Crippen LogP contribution in [-0.2, 0) is 0 Å². The van der Waals surface area contributed by atoms with Crippen molar-refractivity contribution >= 4 is 0 Å². The van der Waals surface area contributed by atoms with Crippen molar-refractivity contribution < 1.29 is 0 Å². The summed E-state index contributed by atoms with van der Waals surface area (Å²) in [6.45, 7) is 6.88. The van der Waals surface area contributed by atoms with Gasteiger partial charge >= 0.3 is 0 Å². The number of unbranched alkanes of at least 4 members (excludes halogenated alkanes) is 10. The van der Waals surface area contributed by atoms with E-state index in [9.17, 15) is 0 Å². The summed E-state index contributed by atoms with van der Waals surface area (Å²) in [7, 11) is 2.07. The highest BCUT2D eigenvalue weighted by Gasteiger charge is 2.12. The molecule has 0 aromatic rings.